The molecule has 2 rings (SSSR count). The molecule has 0 atom stereocenters. The second-order valence-electron chi connectivity index (χ2n) is 5.28. The van der Waals surface area contributed by atoms with Gasteiger partial charge in [0.05, 0.1) is 6.42 Å². The van der Waals surface area contributed by atoms with Crippen molar-refractivity contribution in [2.45, 2.75) is 20.3 Å². The molecule has 0 bridgehead atoms. The molecule has 0 saturated heterocycles. The van der Waals surface area contributed by atoms with Gasteiger partial charge in [-0.15, -0.1) is 0 Å². The maximum absolute atomic E-state index is 12.1. The second kappa shape index (κ2) is 7.88. The zero-order valence-electron chi connectivity index (χ0n) is 13.6. The van der Waals surface area contributed by atoms with Gasteiger partial charge >= 0.3 is 0 Å². The quantitative estimate of drug-likeness (QED) is 0.882. The molecule has 0 radical (unpaired) electrons. The molecule has 122 valence electrons. The molecule has 0 aliphatic carbocycles. The van der Waals surface area contributed by atoms with Crippen LogP contribution >= 0.6 is 0 Å². The standard InChI is InChI=1S/C18H18N4O2/c1-3-20-18(24)14-5-7-16(12(2)8-14)22-17(23)9-13-4-6-15(10-19)21-11-13/h4-8,11H,3,9H2,1-2H3,(H,20,24)(H,22,23). The highest BCUT2D eigenvalue weighted by Crippen LogP contribution is 2.17. The van der Waals surface area contributed by atoms with Gasteiger partial charge in [0.2, 0.25) is 5.91 Å². The lowest BCUT2D eigenvalue weighted by molar-refractivity contribution is -0.115. The number of carbonyl (C=O) groups is 2. The summed E-state index contributed by atoms with van der Waals surface area (Å²) in [6.07, 6.45) is 1.68. The fraction of sp³-hybridized carbons (Fsp3) is 0.222. The molecule has 2 amide bonds. The van der Waals surface area contributed by atoms with Gasteiger partial charge in [-0.3, -0.25) is 9.59 Å². The van der Waals surface area contributed by atoms with E-state index in [1.165, 1.54) is 6.20 Å². The molecule has 0 aliphatic rings. The van der Waals surface area contributed by atoms with Crippen molar-refractivity contribution in [1.82, 2.24) is 10.3 Å². The van der Waals surface area contributed by atoms with Gasteiger partial charge in [-0.25, -0.2) is 4.98 Å². The summed E-state index contributed by atoms with van der Waals surface area (Å²) in [6, 6.07) is 10.4. The molecule has 2 aromatic rings. The van der Waals surface area contributed by atoms with Gasteiger partial charge in [-0.2, -0.15) is 5.26 Å². The lowest BCUT2D eigenvalue weighted by atomic mass is 10.1. The minimum atomic E-state index is -0.185. The monoisotopic (exact) mass is 322 g/mol. The van der Waals surface area contributed by atoms with E-state index < -0.39 is 0 Å². The van der Waals surface area contributed by atoms with Crippen LogP contribution in [0.25, 0.3) is 0 Å². The van der Waals surface area contributed by atoms with Gasteiger partial charge in [-0.05, 0) is 49.2 Å². The zero-order chi connectivity index (χ0) is 17.5. The summed E-state index contributed by atoms with van der Waals surface area (Å²) in [6.45, 7) is 4.26. The van der Waals surface area contributed by atoms with E-state index in [2.05, 4.69) is 15.6 Å². The number of aromatic nitrogens is 1. The molecule has 0 fully saturated rings. The fourth-order valence-electron chi connectivity index (χ4n) is 2.18. The summed E-state index contributed by atoms with van der Waals surface area (Å²) >= 11 is 0. The van der Waals surface area contributed by atoms with Crippen LogP contribution in [0, 0.1) is 18.3 Å². The number of amides is 2. The van der Waals surface area contributed by atoms with Crippen LogP contribution in [-0.2, 0) is 11.2 Å². The Morgan fingerprint density at radius 2 is 2.04 bits per heavy atom. The van der Waals surface area contributed by atoms with Crippen LogP contribution in [0.4, 0.5) is 5.69 Å². The summed E-state index contributed by atoms with van der Waals surface area (Å²) < 4.78 is 0. The zero-order valence-corrected chi connectivity index (χ0v) is 13.6. The van der Waals surface area contributed by atoms with Crippen molar-refractivity contribution >= 4 is 17.5 Å². The van der Waals surface area contributed by atoms with Crippen LogP contribution in [0.3, 0.4) is 0 Å². The van der Waals surface area contributed by atoms with Crippen LogP contribution in [0.2, 0.25) is 0 Å². The largest absolute Gasteiger partial charge is 0.352 e. The molecular weight excluding hydrogens is 304 g/mol. The van der Waals surface area contributed by atoms with Crippen LogP contribution in [0.15, 0.2) is 36.5 Å². The Kier molecular flexibility index (Phi) is 5.63. The maximum Gasteiger partial charge on any atom is 0.251 e. The summed E-state index contributed by atoms with van der Waals surface area (Å²) in [5.41, 5.74) is 3.07. The van der Waals surface area contributed by atoms with Crippen LogP contribution < -0.4 is 10.6 Å². The number of benzene rings is 1. The van der Waals surface area contributed by atoms with E-state index >= 15 is 0 Å². The Bertz CT molecular complexity index is 792. The van der Waals surface area contributed by atoms with E-state index in [1.54, 1.807) is 30.3 Å². The Morgan fingerprint density at radius 1 is 1.25 bits per heavy atom. The van der Waals surface area contributed by atoms with Crippen molar-refractivity contribution in [2.24, 2.45) is 0 Å². The molecule has 1 aromatic carbocycles. The number of carbonyl (C=O) groups excluding carboxylic acids is 2. The normalized spacial score (nSPS) is 9.88. The lowest BCUT2D eigenvalue weighted by Crippen LogP contribution is -2.23. The highest BCUT2D eigenvalue weighted by Gasteiger charge is 2.10. The highest BCUT2D eigenvalue weighted by molar-refractivity contribution is 5.96. The van der Waals surface area contributed by atoms with E-state index in [9.17, 15) is 9.59 Å². The topological polar surface area (TPSA) is 94.9 Å². The Morgan fingerprint density at radius 3 is 2.62 bits per heavy atom. The molecule has 0 unspecified atom stereocenters. The first-order valence-electron chi connectivity index (χ1n) is 7.57. The van der Waals surface area contributed by atoms with Gasteiger partial charge in [-0.1, -0.05) is 6.07 Å². The van der Waals surface area contributed by atoms with E-state index in [0.29, 0.717) is 23.5 Å². The summed E-state index contributed by atoms with van der Waals surface area (Å²) in [4.78, 5) is 27.9. The number of pyridine rings is 1. The molecule has 0 saturated carbocycles. The van der Waals surface area contributed by atoms with Crippen LogP contribution in [0.5, 0.6) is 0 Å². The third kappa shape index (κ3) is 4.40. The van der Waals surface area contributed by atoms with Crippen molar-refractivity contribution in [3.8, 4) is 6.07 Å². The molecule has 1 aromatic heterocycles. The number of anilines is 1. The third-order valence-electron chi connectivity index (χ3n) is 3.40. The molecule has 0 spiro atoms. The van der Waals surface area contributed by atoms with E-state index in [-0.39, 0.29) is 18.2 Å². The molecule has 2 N–H and O–H groups in total. The Balaban J connectivity index is 2.03. The van der Waals surface area contributed by atoms with Crippen LogP contribution in [0.1, 0.15) is 34.1 Å². The Hall–Kier alpha value is -3.20. The number of hydrogen-bond acceptors (Lipinski definition) is 4. The first-order chi connectivity index (χ1) is 11.5. The summed E-state index contributed by atoms with van der Waals surface area (Å²) in [7, 11) is 0. The second-order valence-corrected chi connectivity index (χ2v) is 5.28. The molecule has 6 heteroatoms. The van der Waals surface area contributed by atoms with Gasteiger partial charge in [0.15, 0.2) is 0 Å². The molecule has 0 aliphatic heterocycles. The van der Waals surface area contributed by atoms with Gasteiger partial charge in [0, 0.05) is 24.0 Å². The van der Waals surface area contributed by atoms with Gasteiger partial charge in [0.25, 0.3) is 5.91 Å². The predicted molar refractivity (Wildman–Crippen MR) is 90.5 cm³/mol. The predicted octanol–water partition coefficient (Wildman–Crippen LogP) is 2.19. The molecule has 24 heavy (non-hydrogen) atoms. The molecule has 1 heterocycles. The van der Waals surface area contributed by atoms with Crippen molar-refractivity contribution in [2.75, 3.05) is 11.9 Å². The van der Waals surface area contributed by atoms with Crippen molar-refractivity contribution in [3.63, 3.8) is 0 Å². The number of nitrogens with zero attached hydrogens (tertiary/aromatic N) is 2. The summed E-state index contributed by atoms with van der Waals surface area (Å²) in [5.74, 6) is -0.322. The van der Waals surface area contributed by atoms with Crippen LogP contribution in [-0.4, -0.2) is 23.3 Å². The fourth-order valence-corrected chi connectivity index (χ4v) is 2.18. The highest BCUT2D eigenvalue weighted by atomic mass is 16.2. The van der Waals surface area contributed by atoms with E-state index in [4.69, 9.17) is 5.26 Å². The minimum Gasteiger partial charge on any atom is -0.352 e. The number of nitrogens with one attached hydrogen (secondary N) is 2. The van der Waals surface area contributed by atoms with Crippen molar-refractivity contribution in [3.05, 3.63) is 58.9 Å². The Labute approximate surface area is 140 Å². The number of aryl methyl sites for hydroxylation is 1. The smallest absolute Gasteiger partial charge is 0.251 e. The average Bonchev–Trinajstić information content (AvgIpc) is 2.57. The van der Waals surface area contributed by atoms with Gasteiger partial charge < -0.3 is 10.6 Å². The lowest BCUT2D eigenvalue weighted by Gasteiger charge is -2.10. The number of hydrogen-bond donors (Lipinski definition) is 2. The minimum absolute atomic E-state index is 0.137. The maximum atomic E-state index is 12.1. The molecular formula is C18H18N4O2. The van der Waals surface area contributed by atoms with E-state index in [1.807, 2.05) is 19.9 Å². The number of nitriles is 1. The van der Waals surface area contributed by atoms with Crippen molar-refractivity contribution in [1.29, 1.82) is 5.26 Å². The first-order valence-corrected chi connectivity index (χ1v) is 7.57. The van der Waals surface area contributed by atoms with Gasteiger partial charge in [0.1, 0.15) is 11.8 Å². The van der Waals surface area contributed by atoms with E-state index in [0.717, 1.165) is 11.1 Å². The average molecular weight is 322 g/mol. The van der Waals surface area contributed by atoms with Crippen molar-refractivity contribution < 1.29 is 9.59 Å². The molecule has 6 nitrogen and oxygen atoms in total. The summed E-state index contributed by atoms with van der Waals surface area (Å²) in [5, 5.41) is 14.3. The first kappa shape index (κ1) is 17.2. The number of rotatable bonds is 5. The SMILES string of the molecule is CCNC(=O)c1ccc(NC(=O)Cc2ccc(C#N)nc2)c(C)c1. The third-order valence-corrected chi connectivity index (χ3v) is 3.40.